The fraction of sp³-hybridized carbons (Fsp3) is 0.133. The number of imidazole rings is 1. The lowest BCUT2D eigenvalue weighted by molar-refractivity contribution is 0.594. The van der Waals surface area contributed by atoms with Gasteiger partial charge >= 0.3 is 0 Å². The van der Waals surface area contributed by atoms with Crippen molar-refractivity contribution in [3.8, 4) is 16.8 Å². The minimum absolute atomic E-state index is 0.314. The first kappa shape index (κ1) is 22.4. The topological polar surface area (TPSA) is 64.3 Å². The van der Waals surface area contributed by atoms with Gasteiger partial charge in [0.25, 0.3) is 0 Å². The summed E-state index contributed by atoms with van der Waals surface area (Å²) in [6, 6.07) is 27.1. The highest BCUT2D eigenvalue weighted by Crippen LogP contribution is 2.40. The molecule has 1 aliphatic rings. The Morgan fingerprint density at radius 3 is 2.39 bits per heavy atom. The highest BCUT2D eigenvalue weighted by Gasteiger charge is 2.33. The van der Waals surface area contributed by atoms with Gasteiger partial charge in [-0.25, -0.2) is 13.4 Å². The molecule has 4 aromatic carbocycles. The standard InChI is InChI=1S/C30H25N3O2S/c1-4-29-32-25-10-7-11-27-30(25)33(29)26-17-16-23(18-28(26)36(27,34)35)22-14-12-21(13-15-22)20(3)31-24-9-6-5-8-19(24)2/h5-18H,4H2,1-3H3. The van der Waals surface area contributed by atoms with Crippen LogP contribution in [0.5, 0.6) is 0 Å². The van der Waals surface area contributed by atoms with Crippen LogP contribution >= 0.6 is 0 Å². The average molecular weight is 492 g/mol. The SMILES string of the molecule is CCc1nc2cccc3c2n1-c1ccc(-c2ccc(C(C)=Nc4ccccc4C)cc2)cc1S3(=O)=O. The van der Waals surface area contributed by atoms with Gasteiger partial charge < -0.3 is 0 Å². The normalized spacial score (nSPS) is 14.1. The van der Waals surface area contributed by atoms with Gasteiger partial charge in [-0.15, -0.1) is 0 Å². The van der Waals surface area contributed by atoms with Gasteiger partial charge in [-0.2, -0.15) is 0 Å². The second kappa shape index (κ2) is 8.28. The lowest BCUT2D eigenvalue weighted by atomic mass is 10.0. The largest absolute Gasteiger partial charge is 0.294 e. The van der Waals surface area contributed by atoms with Crippen molar-refractivity contribution in [2.75, 3.05) is 0 Å². The van der Waals surface area contributed by atoms with Gasteiger partial charge in [0, 0.05) is 12.1 Å². The fourth-order valence-electron chi connectivity index (χ4n) is 4.91. The summed E-state index contributed by atoms with van der Waals surface area (Å²) >= 11 is 0. The summed E-state index contributed by atoms with van der Waals surface area (Å²) in [5.74, 6) is 0.856. The first-order valence-corrected chi connectivity index (χ1v) is 13.5. The van der Waals surface area contributed by atoms with E-state index in [0.29, 0.717) is 32.9 Å². The second-order valence-electron chi connectivity index (χ2n) is 9.09. The molecule has 0 saturated heterocycles. The van der Waals surface area contributed by atoms with E-state index in [9.17, 15) is 8.42 Å². The zero-order chi connectivity index (χ0) is 25.0. The van der Waals surface area contributed by atoms with Crippen LogP contribution in [0.25, 0.3) is 27.8 Å². The smallest absolute Gasteiger partial charge is 0.210 e. The lowest BCUT2D eigenvalue weighted by Gasteiger charge is -2.21. The van der Waals surface area contributed by atoms with Gasteiger partial charge in [-0.05, 0) is 66.4 Å². The van der Waals surface area contributed by atoms with Crippen LogP contribution in [0.1, 0.15) is 30.8 Å². The molecule has 0 fully saturated rings. The Morgan fingerprint density at radius 1 is 0.889 bits per heavy atom. The number of hydrogen-bond donors (Lipinski definition) is 0. The van der Waals surface area contributed by atoms with E-state index in [1.54, 1.807) is 18.2 Å². The van der Waals surface area contributed by atoms with Crippen LogP contribution in [0.2, 0.25) is 0 Å². The third kappa shape index (κ3) is 3.40. The first-order valence-electron chi connectivity index (χ1n) is 12.0. The van der Waals surface area contributed by atoms with Crippen LogP contribution in [-0.4, -0.2) is 23.7 Å². The summed E-state index contributed by atoms with van der Waals surface area (Å²) in [5.41, 5.74) is 7.88. The minimum atomic E-state index is -3.67. The third-order valence-electron chi connectivity index (χ3n) is 6.84. The number of sulfone groups is 1. The molecule has 0 atom stereocenters. The van der Waals surface area contributed by atoms with E-state index < -0.39 is 9.84 Å². The van der Waals surface area contributed by atoms with Crippen molar-refractivity contribution in [1.29, 1.82) is 0 Å². The maximum atomic E-state index is 13.7. The fourth-order valence-corrected chi connectivity index (χ4v) is 6.57. The molecule has 178 valence electrons. The average Bonchev–Trinajstić information content (AvgIpc) is 3.28. The van der Waals surface area contributed by atoms with E-state index in [1.165, 1.54) is 0 Å². The number of benzene rings is 4. The molecular weight excluding hydrogens is 466 g/mol. The summed E-state index contributed by atoms with van der Waals surface area (Å²) in [4.78, 5) is 10.1. The molecular formula is C30H25N3O2S. The van der Waals surface area contributed by atoms with Crippen LogP contribution in [-0.2, 0) is 16.3 Å². The van der Waals surface area contributed by atoms with E-state index in [-0.39, 0.29) is 0 Å². The molecule has 5 aromatic rings. The number of aromatic nitrogens is 2. The van der Waals surface area contributed by atoms with Crippen LogP contribution in [0, 0.1) is 6.92 Å². The molecule has 36 heavy (non-hydrogen) atoms. The predicted molar refractivity (Wildman–Crippen MR) is 144 cm³/mol. The molecule has 2 heterocycles. The van der Waals surface area contributed by atoms with Gasteiger partial charge in [0.05, 0.1) is 32.2 Å². The zero-order valence-corrected chi connectivity index (χ0v) is 21.2. The molecule has 0 aliphatic carbocycles. The molecule has 6 rings (SSSR count). The number of aryl methyl sites for hydroxylation is 2. The molecule has 0 spiro atoms. The first-order chi connectivity index (χ1) is 17.4. The van der Waals surface area contributed by atoms with Crippen molar-refractivity contribution >= 4 is 32.3 Å². The van der Waals surface area contributed by atoms with Gasteiger partial charge in [0.15, 0.2) is 0 Å². The van der Waals surface area contributed by atoms with E-state index in [4.69, 9.17) is 9.98 Å². The number of nitrogens with zero attached hydrogens (tertiary/aromatic N) is 3. The van der Waals surface area contributed by atoms with Gasteiger partial charge in [-0.3, -0.25) is 9.56 Å². The molecule has 1 aliphatic heterocycles. The van der Waals surface area contributed by atoms with Crippen molar-refractivity contribution in [2.24, 2.45) is 4.99 Å². The Morgan fingerprint density at radius 2 is 1.64 bits per heavy atom. The Hall–Kier alpha value is -4.03. The lowest BCUT2D eigenvalue weighted by Crippen LogP contribution is -2.16. The highest BCUT2D eigenvalue weighted by atomic mass is 32.2. The Kier molecular flexibility index (Phi) is 5.16. The Balaban J connectivity index is 1.42. The minimum Gasteiger partial charge on any atom is -0.294 e. The number of para-hydroxylation sites is 2. The summed E-state index contributed by atoms with van der Waals surface area (Å²) in [7, 11) is -3.67. The van der Waals surface area contributed by atoms with Crippen molar-refractivity contribution < 1.29 is 8.42 Å². The predicted octanol–water partition coefficient (Wildman–Crippen LogP) is 6.85. The molecule has 5 nitrogen and oxygen atoms in total. The van der Waals surface area contributed by atoms with E-state index in [0.717, 1.165) is 39.5 Å². The quantitative estimate of drug-likeness (QED) is 0.253. The summed E-state index contributed by atoms with van der Waals surface area (Å²) in [6.45, 7) is 6.09. The zero-order valence-electron chi connectivity index (χ0n) is 20.4. The monoisotopic (exact) mass is 491 g/mol. The Labute approximate surface area is 210 Å². The molecule has 0 bridgehead atoms. The van der Waals surface area contributed by atoms with Gasteiger partial charge in [-0.1, -0.05) is 61.5 Å². The highest BCUT2D eigenvalue weighted by molar-refractivity contribution is 7.92. The van der Waals surface area contributed by atoms with Crippen LogP contribution in [0.15, 0.2) is 99.7 Å². The van der Waals surface area contributed by atoms with Crippen molar-refractivity contribution in [3.05, 3.63) is 102 Å². The summed E-state index contributed by atoms with van der Waals surface area (Å²) in [6.07, 6.45) is 0.709. The van der Waals surface area contributed by atoms with Gasteiger partial charge in [0.2, 0.25) is 9.84 Å². The van der Waals surface area contributed by atoms with E-state index in [2.05, 4.69) is 13.0 Å². The number of hydrogen-bond acceptors (Lipinski definition) is 4. The molecule has 0 saturated carbocycles. The molecule has 0 unspecified atom stereocenters. The van der Waals surface area contributed by atoms with E-state index in [1.807, 2.05) is 79.1 Å². The summed E-state index contributed by atoms with van der Waals surface area (Å²) in [5, 5.41) is 0. The van der Waals surface area contributed by atoms with E-state index >= 15 is 0 Å². The number of rotatable bonds is 4. The molecule has 1 aromatic heterocycles. The molecule has 6 heteroatoms. The van der Waals surface area contributed by atoms with Crippen molar-refractivity contribution in [1.82, 2.24) is 9.55 Å². The molecule has 0 radical (unpaired) electrons. The Bertz CT molecular complexity index is 1800. The third-order valence-corrected chi connectivity index (χ3v) is 8.66. The molecule has 0 amide bonds. The maximum absolute atomic E-state index is 13.7. The van der Waals surface area contributed by atoms with Crippen LogP contribution in [0.4, 0.5) is 5.69 Å². The van der Waals surface area contributed by atoms with Crippen LogP contribution < -0.4 is 0 Å². The van der Waals surface area contributed by atoms with Crippen molar-refractivity contribution in [2.45, 2.75) is 37.0 Å². The van der Waals surface area contributed by atoms with Gasteiger partial charge in [0.1, 0.15) is 5.82 Å². The van der Waals surface area contributed by atoms with Crippen LogP contribution in [0.3, 0.4) is 0 Å². The molecule has 0 N–H and O–H groups in total. The van der Waals surface area contributed by atoms with Crippen molar-refractivity contribution in [3.63, 3.8) is 0 Å². The maximum Gasteiger partial charge on any atom is 0.210 e. The number of aliphatic imine (C=N–C) groups is 1. The summed E-state index contributed by atoms with van der Waals surface area (Å²) < 4.78 is 29.3. The second-order valence-corrected chi connectivity index (χ2v) is 11.0. The number of fused-ring (bicyclic) bond motifs is 2.